The van der Waals surface area contributed by atoms with Crippen LogP contribution < -0.4 is 5.43 Å². The first-order valence-corrected chi connectivity index (χ1v) is 7.12. The lowest BCUT2D eigenvalue weighted by molar-refractivity contribution is 0.280. The predicted molar refractivity (Wildman–Crippen MR) is 96.8 cm³/mol. The molecule has 0 fully saturated rings. The average molecular weight is 345 g/mol. The minimum absolute atomic E-state index is 0. The highest BCUT2D eigenvalue weighted by Crippen LogP contribution is 2.22. The molecule has 0 spiro atoms. The molecule has 0 radical (unpaired) electrons. The monoisotopic (exact) mass is 344 g/mol. The van der Waals surface area contributed by atoms with Gasteiger partial charge in [0.15, 0.2) is 0 Å². The molecule has 24 heavy (non-hydrogen) atoms. The Morgan fingerprint density at radius 2 is 2.00 bits per heavy atom. The van der Waals surface area contributed by atoms with Gasteiger partial charge in [-0.15, -0.1) is 12.4 Å². The highest BCUT2D eigenvalue weighted by Gasteiger charge is 2.09. The number of aliphatic hydroxyl groups is 1. The molecule has 2 aromatic heterocycles. The third-order valence-corrected chi connectivity index (χ3v) is 3.50. The van der Waals surface area contributed by atoms with Gasteiger partial charge >= 0.3 is 0 Å². The van der Waals surface area contributed by atoms with Crippen molar-refractivity contribution in [1.29, 1.82) is 0 Å². The summed E-state index contributed by atoms with van der Waals surface area (Å²) in [4.78, 5) is 8.45. The smallest absolute Gasteiger partial charge is 0.146 e. The van der Waals surface area contributed by atoms with Crippen LogP contribution in [0.3, 0.4) is 0 Å². The minimum Gasteiger partial charge on any atom is -0.505 e. The summed E-state index contributed by atoms with van der Waals surface area (Å²) in [6.07, 6.45) is 2.97. The van der Waals surface area contributed by atoms with Crippen molar-refractivity contribution in [2.24, 2.45) is 5.10 Å². The minimum atomic E-state index is -0.226. The van der Waals surface area contributed by atoms with Crippen molar-refractivity contribution in [3.05, 3.63) is 59.4 Å². The Labute approximate surface area is 145 Å². The molecule has 6 nitrogen and oxygen atoms in total. The van der Waals surface area contributed by atoms with Gasteiger partial charge in [0.05, 0.1) is 24.0 Å². The SMILES string of the molecule is Cc1ncc(CO)c(/C=N\Nc2ccc3ccccc3n2)c1O.Cl. The number of hydrazone groups is 1. The van der Waals surface area contributed by atoms with E-state index in [2.05, 4.69) is 20.5 Å². The van der Waals surface area contributed by atoms with Crippen LogP contribution in [0.25, 0.3) is 10.9 Å². The Morgan fingerprint density at radius 1 is 1.21 bits per heavy atom. The molecule has 0 unspecified atom stereocenters. The number of hydrogen-bond acceptors (Lipinski definition) is 6. The number of rotatable bonds is 4. The molecule has 124 valence electrons. The van der Waals surface area contributed by atoms with Crippen LogP contribution in [0.2, 0.25) is 0 Å². The van der Waals surface area contributed by atoms with E-state index in [9.17, 15) is 10.2 Å². The van der Waals surface area contributed by atoms with Crippen LogP contribution in [-0.4, -0.2) is 26.4 Å². The van der Waals surface area contributed by atoms with Crippen molar-refractivity contribution in [2.75, 3.05) is 5.43 Å². The van der Waals surface area contributed by atoms with E-state index in [4.69, 9.17) is 0 Å². The fourth-order valence-corrected chi connectivity index (χ4v) is 2.21. The Bertz CT molecular complexity index is 884. The van der Waals surface area contributed by atoms with E-state index in [1.54, 1.807) is 6.92 Å². The molecule has 0 saturated heterocycles. The first-order valence-electron chi connectivity index (χ1n) is 7.12. The Morgan fingerprint density at radius 3 is 2.79 bits per heavy atom. The summed E-state index contributed by atoms with van der Waals surface area (Å²) in [7, 11) is 0. The van der Waals surface area contributed by atoms with Crippen LogP contribution in [0, 0.1) is 6.92 Å². The maximum atomic E-state index is 10.0. The molecule has 0 aliphatic rings. The van der Waals surface area contributed by atoms with Crippen molar-refractivity contribution in [3.8, 4) is 5.75 Å². The summed E-state index contributed by atoms with van der Waals surface area (Å²) in [5, 5.41) is 24.5. The van der Waals surface area contributed by atoms with Crippen LogP contribution in [0.5, 0.6) is 5.75 Å². The number of benzene rings is 1. The van der Waals surface area contributed by atoms with Gasteiger partial charge in [-0.25, -0.2) is 4.98 Å². The van der Waals surface area contributed by atoms with E-state index < -0.39 is 0 Å². The van der Waals surface area contributed by atoms with E-state index in [1.165, 1.54) is 12.4 Å². The molecule has 3 N–H and O–H groups in total. The van der Waals surface area contributed by atoms with Crippen molar-refractivity contribution >= 4 is 35.3 Å². The zero-order valence-corrected chi connectivity index (χ0v) is 13.8. The highest BCUT2D eigenvalue weighted by atomic mass is 35.5. The molecular weight excluding hydrogens is 328 g/mol. The average Bonchev–Trinajstić information content (AvgIpc) is 2.58. The van der Waals surface area contributed by atoms with Gasteiger partial charge in [0.2, 0.25) is 0 Å². The summed E-state index contributed by atoms with van der Waals surface area (Å²) in [5.41, 5.74) is 5.12. The van der Waals surface area contributed by atoms with Crippen LogP contribution in [0.4, 0.5) is 5.82 Å². The van der Waals surface area contributed by atoms with Gasteiger partial charge < -0.3 is 10.2 Å². The van der Waals surface area contributed by atoms with Gasteiger partial charge in [-0.05, 0) is 25.1 Å². The molecule has 0 saturated carbocycles. The van der Waals surface area contributed by atoms with Crippen molar-refractivity contribution in [3.63, 3.8) is 0 Å². The van der Waals surface area contributed by atoms with Crippen molar-refractivity contribution in [1.82, 2.24) is 9.97 Å². The quantitative estimate of drug-likeness (QED) is 0.500. The normalized spacial score (nSPS) is 10.8. The van der Waals surface area contributed by atoms with Crippen molar-refractivity contribution in [2.45, 2.75) is 13.5 Å². The molecule has 3 aromatic rings. The number of nitrogens with zero attached hydrogens (tertiary/aromatic N) is 3. The van der Waals surface area contributed by atoms with E-state index in [0.29, 0.717) is 22.6 Å². The summed E-state index contributed by atoms with van der Waals surface area (Å²) >= 11 is 0. The second-order valence-electron chi connectivity index (χ2n) is 5.05. The lowest BCUT2D eigenvalue weighted by Gasteiger charge is -2.07. The van der Waals surface area contributed by atoms with E-state index in [0.717, 1.165) is 10.9 Å². The maximum absolute atomic E-state index is 10.0. The molecule has 3 rings (SSSR count). The molecule has 7 heteroatoms. The zero-order chi connectivity index (χ0) is 16.2. The van der Waals surface area contributed by atoms with E-state index in [1.807, 2.05) is 36.4 Å². The Kier molecular flexibility index (Phi) is 5.68. The largest absolute Gasteiger partial charge is 0.505 e. The second-order valence-corrected chi connectivity index (χ2v) is 5.05. The molecule has 1 aromatic carbocycles. The topological polar surface area (TPSA) is 90.6 Å². The number of halogens is 1. The number of aromatic hydroxyl groups is 1. The second kappa shape index (κ2) is 7.72. The lowest BCUT2D eigenvalue weighted by atomic mass is 10.1. The predicted octanol–water partition coefficient (Wildman–Crippen LogP) is 3.00. The van der Waals surface area contributed by atoms with Gasteiger partial charge in [-0.2, -0.15) is 5.10 Å². The molecule has 0 bridgehead atoms. The number of nitrogens with one attached hydrogen (secondary N) is 1. The maximum Gasteiger partial charge on any atom is 0.146 e. The van der Waals surface area contributed by atoms with E-state index in [-0.39, 0.29) is 24.8 Å². The van der Waals surface area contributed by atoms with Crippen LogP contribution >= 0.6 is 12.4 Å². The standard InChI is InChI=1S/C17H16N4O2.ClH/c1-11-17(23)14(13(10-22)8-18-11)9-19-21-16-7-6-12-4-2-3-5-15(12)20-16;/h2-9,22-23H,10H2,1H3,(H,20,21);1H/b19-9-;. The lowest BCUT2D eigenvalue weighted by Crippen LogP contribution is -2.00. The van der Waals surface area contributed by atoms with Gasteiger partial charge in [-0.1, -0.05) is 18.2 Å². The number of anilines is 1. The molecule has 0 amide bonds. The van der Waals surface area contributed by atoms with Gasteiger partial charge in [0.25, 0.3) is 0 Å². The molecule has 0 aliphatic heterocycles. The Balaban J connectivity index is 0.00000208. The number of aliphatic hydroxyl groups excluding tert-OH is 1. The van der Waals surface area contributed by atoms with Gasteiger partial charge in [-0.3, -0.25) is 10.4 Å². The highest BCUT2D eigenvalue weighted by molar-refractivity contribution is 5.86. The number of aryl methyl sites for hydroxylation is 1. The van der Waals surface area contributed by atoms with E-state index >= 15 is 0 Å². The fourth-order valence-electron chi connectivity index (χ4n) is 2.21. The number of aromatic nitrogens is 2. The van der Waals surface area contributed by atoms with Crippen LogP contribution in [-0.2, 0) is 6.61 Å². The third kappa shape index (κ3) is 3.61. The summed E-state index contributed by atoms with van der Waals surface area (Å²) in [6.45, 7) is 1.46. The summed E-state index contributed by atoms with van der Waals surface area (Å²) in [6, 6.07) is 11.6. The molecule has 0 atom stereocenters. The summed E-state index contributed by atoms with van der Waals surface area (Å²) in [5.74, 6) is 0.601. The third-order valence-electron chi connectivity index (χ3n) is 3.50. The van der Waals surface area contributed by atoms with Gasteiger partial charge in [0.1, 0.15) is 11.6 Å². The molecule has 0 aliphatic carbocycles. The molecule has 2 heterocycles. The summed E-state index contributed by atoms with van der Waals surface area (Å²) < 4.78 is 0. The van der Waals surface area contributed by atoms with Gasteiger partial charge in [0, 0.05) is 22.7 Å². The first-order chi connectivity index (χ1) is 11.2. The van der Waals surface area contributed by atoms with Crippen LogP contribution in [0.15, 0.2) is 47.7 Å². The first kappa shape index (κ1) is 17.7. The number of para-hydroxylation sites is 1. The zero-order valence-electron chi connectivity index (χ0n) is 13.0. The number of fused-ring (bicyclic) bond motifs is 1. The molecular formula is C17H17ClN4O2. The Hall–Kier alpha value is -2.70. The van der Waals surface area contributed by atoms with Crippen LogP contribution in [0.1, 0.15) is 16.8 Å². The van der Waals surface area contributed by atoms with Crippen molar-refractivity contribution < 1.29 is 10.2 Å². The number of hydrogen-bond donors (Lipinski definition) is 3. The fraction of sp³-hybridized carbons (Fsp3) is 0.118. The number of pyridine rings is 2.